The topological polar surface area (TPSA) is 87.1 Å². The highest BCUT2D eigenvalue weighted by Gasteiger charge is 2.24. The average molecular weight is 341 g/mol. The number of aryl methyl sites for hydroxylation is 2. The molecule has 0 atom stereocenters. The zero-order valence-electron chi connectivity index (χ0n) is 14.9. The molecule has 1 saturated heterocycles. The zero-order chi connectivity index (χ0) is 18.0. The third-order valence-electron chi connectivity index (χ3n) is 4.90. The second kappa shape index (κ2) is 7.11. The largest absolute Gasteiger partial charge is 0.444 e. The highest BCUT2D eigenvalue weighted by Crippen LogP contribution is 2.28. The lowest BCUT2D eigenvalue weighted by Crippen LogP contribution is -2.38. The molecule has 0 saturated carbocycles. The number of amides is 1. The summed E-state index contributed by atoms with van der Waals surface area (Å²) in [6.07, 6.45) is 6.03. The van der Waals surface area contributed by atoms with Gasteiger partial charge in [0.15, 0.2) is 0 Å². The molecule has 7 nitrogen and oxygen atoms in total. The number of anilines is 1. The number of aromatic nitrogens is 2. The van der Waals surface area contributed by atoms with E-state index < -0.39 is 0 Å². The van der Waals surface area contributed by atoms with Gasteiger partial charge in [-0.2, -0.15) is 10.4 Å². The predicted octanol–water partition coefficient (Wildman–Crippen LogP) is 2.32. The van der Waals surface area contributed by atoms with Crippen molar-refractivity contribution in [3.8, 4) is 6.07 Å². The molecule has 0 radical (unpaired) electrons. The minimum atomic E-state index is -0.148. The van der Waals surface area contributed by atoms with Crippen LogP contribution >= 0.6 is 0 Å². The maximum atomic E-state index is 12.3. The smallest absolute Gasteiger partial charge is 0.240 e. The Morgan fingerprint density at radius 3 is 2.76 bits per heavy atom. The number of carbonyl (C=O) groups is 1. The fraction of sp³-hybridized carbons (Fsp3) is 0.500. The van der Waals surface area contributed by atoms with E-state index in [1.807, 2.05) is 24.9 Å². The molecule has 2 aromatic heterocycles. The lowest BCUT2D eigenvalue weighted by Gasteiger charge is -2.30. The van der Waals surface area contributed by atoms with E-state index in [1.54, 1.807) is 6.92 Å². The summed E-state index contributed by atoms with van der Waals surface area (Å²) in [6, 6.07) is 2.09. The highest BCUT2D eigenvalue weighted by molar-refractivity contribution is 5.92. The number of hydrogen-bond acceptors (Lipinski definition) is 5. The average Bonchev–Trinajstić information content (AvgIpc) is 3.12. The molecule has 3 rings (SSSR count). The van der Waals surface area contributed by atoms with Gasteiger partial charge in [0.1, 0.15) is 17.4 Å². The van der Waals surface area contributed by atoms with E-state index in [2.05, 4.69) is 27.6 Å². The second-order valence-electron chi connectivity index (χ2n) is 6.65. The van der Waals surface area contributed by atoms with E-state index in [-0.39, 0.29) is 11.8 Å². The van der Waals surface area contributed by atoms with E-state index in [4.69, 9.17) is 4.42 Å². The summed E-state index contributed by atoms with van der Waals surface area (Å²) < 4.78 is 7.32. The molecule has 1 aliphatic rings. The van der Waals surface area contributed by atoms with Crippen molar-refractivity contribution in [1.82, 2.24) is 14.7 Å². The van der Waals surface area contributed by atoms with Gasteiger partial charge in [0.25, 0.3) is 0 Å². The first-order valence-corrected chi connectivity index (χ1v) is 8.48. The molecule has 0 spiro atoms. The van der Waals surface area contributed by atoms with Gasteiger partial charge in [-0.05, 0) is 51.3 Å². The quantitative estimate of drug-likeness (QED) is 0.922. The lowest BCUT2D eigenvalue weighted by atomic mass is 9.91. The number of piperidine rings is 1. The normalized spacial score (nSPS) is 15.9. The van der Waals surface area contributed by atoms with Crippen LogP contribution in [0.2, 0.25) is 0 Å². The summed E-state index contributed by atoms with van der Waals surface area (Å²) >= 11 is 0. The Morgan fingerprint density at radius 2 is 2.16 bits per heavy atom. The van der Waals surface area contributed by atoms with Crippen LogP contribution in [-0.2, 0) is 11.8 Å². The number of nitrogens with one attached hydrogen (secondary N) is 1. The first kappa shape index (κ1) is 17.2. The second-order valence-corrected chi connectivity index (χ2v) is 6.65. The Hall–Kier alpha value is -2.59. The van der Waals surface area contributed by atoms with Gasteiger partial charge in [-0.25, -0.2) is 0 Å². The van der Waals surface area contributed by atoms with Crippen molar-refractivity contribution in [2.24, 2.45) is 7.05 Å². The summed E-state index contributed by atoms with van der Waals surface area (Å²) in [6.45, 7) is 5.65. The van der Waals surface area contributed by atoms with Crippen molar-refractivity contribution in [3.63, 3.8) is 0 Å². The molecule has 1 aliphatic heterocycles. The predicted molar refractivity (Wildman–Crippen MR) is 93.1 cm³/mol. The molecule has 0 bridgehead atoms. The standard InChI is InChI=1S/C18H23N5O2/c1-12-13(2)25-18(16(12)8-19)21-17(24)11-23-6-4-14(5-7-23)15-9-20-22(3)10-15/h9-10,14H,4-7,11H2,1-3H3,(H,21,24). The molecule has 0 aliphatic carbocycles. The first-order valence-electron chi connectivity index (χ1n) is 8.48. The summed E-state index contributed by atoms with van der Waals surface area (Å²) in [7, 11) is 1.93. The molecule has 0 unspecified atom stereocenters. The minimum Gasteiger partial charge on any atom is -0.444 e. The van der Waals surface area contributed by atoms with Crippen LogP contribution in [0.3, 0.4) is 0 Å². The van der Waals surface area contributed by atoms with Gasteiger partial charge in [0.2, 0.25) is 11.8 Å². The summed E-state index contributed by atoms with van der Waals surface area (Å²) in [5.74, 6) is 1.27. The third-order valence-corrected chi connectivity index (χ3v) is 4.90. The molecule has 3 heterocycles. The van der Waals surface area contributed by atoms with Crippen LogP contribution < -0.4 is 5.32 Å². The molecule has 25 heavy (non-hydrogen) atoms. The van der Waals surface area contributed by atoms with Crippen molar-refractivity contribution in [2.75, 3.05) is 25.0 Å². The van der Waals surface area contributed by atoms with Gasteiger partial charge < -0.3 is 4.42 Å². The van der Waals surface area contributed by atoms with E-state index in [1.165, 1.54) is 5.56 Å². The fourth-order valence-corrected chi connectivity index (χ4v) is 3.29. The molecular formula is C18H23N5O2. The molecule has 0 aromatic carbocycles. The fourth-order valence-electron chi connectivity index (χ4n) is 3.29. The maximum absolute atomic E-state index is 12.3. The Bertz CT molecular complexity index is 806. The summed E-state index contributed by atoms with van der Waals surface area (Å²) in [4.78, 5) is 14.4. The molecule has 2 aromatic rings. The van der Waals surface area contributed by atoms with E-state index in [0.717, 1.165) is 31.5 Å². The Labute approximate surface area is 147 Å². The third kappa shape index (κ3) is 3.74. The number of likely N-dealkylation sites (tertiary alicyclic amines) is 1. The van der Waals surface area contributed by atoms with Crippen LogP contribution in [0.5, 0.6) is 0 Å². The molecule has 132 valence electrons. The molecule has 1 amide bonds. The van der Waals surface area contributed by atoms with Crippen molar-refractivity contribution in [2.45, 2.75) is 32.6 Å². The Morgan fingerprint density at radius 1 is 1.44 bits per heavy atom. The van der Waals surface area contributed by atoms with Crippen LogP contribution in [-0.4, -0.2) is 40.2 Å². The van der Waals surface area contributed by atoms with Crippen LogP contribution in [0.4, 0.5) is 5.88 Å². The number of carbonyl (C=O) groups excluding carboxylic acids is 1. The first-order chi connectivity index (χ1) is 12.0. The molecule has 1 N–H and O–H groups in total. The molecule has 1 fully saturated rings. The highest BCUT2D eigenvalue weighted by atomic mass is 16.4. The Kier molecular flexibility index (Phi) is 4.91. The molecule has 7 heteroatoms. The van der Waals surface area contributed by atoms with E-state index in [0.29, 0.717) is 23.8 Å². The Balaban J connectivity index is 1.53. The maximum Gasteiger partial charge on any atom is 0.240 e. The van der Waals surface area contributed by atoms with Crippen LogP contribution in [0.25, 0.3) is 0 Å². The van der Waals surface area contributed by atoms with E-state index in [9.17, 15) is 10.1 Å². The lowest BCUT2D eigenvalue weighted by molar-refractivity contribution is -0.117. The van der Waals surface area contributed by atoms with Gasteiger partial charge >= 0.3 is 0 Å². The molecular weight excluding hydrogens is 318 g/mol. The number of furan rings is 1. The van der Waals surface area contributed by atoms with Crippen molar-refractivity contribution < 1.29 is 9.21 Å². The van der Waals surface area contributed by atoms with Gasteiger partial charge in [-0.1, -0.05) is 0 Å². The van der Waals surface area contributed by atoms with Crippen molar-refractivity contribution in [3.05, 3.63) is 34.8 Å². The summed E-state index contributed by atoms with van der Waals surface area (Å²) in [5, 5.41) is 16.2. The van der Waals surface area contributed by atoms with Crippen molar-refractivity contribution >= 4 is 11.8 Å². The number of nitriles is 1. The van der Waals surface area contributed by atoms with Gasteiger partial charge in [-0.15, -0.1) is 0 Å². The summed E-state index contributed by atoms with van der Waals surface area (Å²) in [5.41, 5.74) is 2.45. The monoisotopic (exact) mass is 341 g/mol. The number of hydrogen-bond donors (Lipinski definition) is 1. The minimum absolute atomic E-state index is 0.148. The van der Waals surface area contributed by atoms with E-state index >= 15 is 0 Å². The SMILES string of the molecule is Cc1oc(NC(=O)CN2CCC(c3cnn(C)c3)CC2)c(C#N)c1C. The van der Waals surface area contributed by atoms with Crippen LogP contribution in [0, 0.1) is 25.2 Å². The van der Waals surface area contributed by atoms with Gasteiger partial charge in [0, 0.05) is 18.8 Å². The van der Waals surface area contributed by atoms with Crippen LogP contribution in [0.15, 0.2) is 16.8 Å². The number of rotatable bonds is 4. The van der Waals surface area contributed by atoms with Crippen molar-refractivity contribution in [1.29, 1.82) is 5.26 Å². The zero-order valence-corrected chi connectivity index (χ0v) is 14.9. The van der Waals surface area contributed by atoms with Crippen LogP contribution in [0.1, 0.15) is 41.2 Å². The van der Waals surface area contributed by atoms with Gasteiger partial charge in [0.05, 0.1) is 12.7 Å². The number of nitrogens with zero attached hydrogens (tertiary/aromatic N) is 4. The van der Waals surface area contributed by atoms with Gasteiger partial charge in [-0.3, -0.25) is 19.7 Å².